The largest absolute Gasteiger partial charge is 0.492 e. The number of aryl methyl sites for hydroxylation is 2. The molecule has 7 heteroatoms. The standard InChI is InChI=1S/C24H26N4O3/c1-5-19(23(29)25-18-9-7-8-10-22(18)31-6-2)28-24(30)21-14-17-13-15(3)11-12-20(17)27(21)16(4)26-28/h7-14,19H,5-6H2,1-4H3,(H,25,29). The zero-order chi connectivity index (χ0) is 22.1. The van der Waals surface area contributed by atoms with Crippen molar-refractivity contribution >= 4 is 28.0 Å². The molecular formula is C24H26N4O3. The first-order chi connectivity index (χ1) is 14.9. The summed E-state index contributed by atoms with van der Waals surface area (Å²) >= 11 is 0. The molecule has 0 radical (unpaired) electrons. The Morgan fingerprint density at radius 1 is 1.10 bits per heavy atom. The van der Waals surface area contributed by atoms with Crippen molar-refractivity contribution in [2.75, 3.05) is 11.9 Å². The Labute approximate surface area is 180 Å². The quantitative estimate of drug-likeness (QED) is 0.508. The van der Waals surface area contributed by atoms with E-state index in [2.05, 4.69) is 10.4 Å². The van der Waals surface area contributed by atoms with Gasteiger partial charge in [0.25, 0.3) is 5.56 Å². The van der Waals surface area contributed by atoms with Crippen LogP contribution >= 0.6 is 0 Å². The van der Waals surface area contributed by atoms with E-state index < -0.39 is 6.04 Å². The fourth-order valence-corrected chi connectivity index (χ4v) is 3.95. The lowest BCUT2D eigenvalue weighted by atomic mass is 10.2. The minimum atomic E-state index is -0.745. The molecule has 1 atom stereocenters. The summed E-state index contributed by atoms with van der Waals surface area (Å²) < 4.78 is 8.75. The van der Waals surface area contributed by atoms with Gasteiger partial charge in [0.05, 0.1) is 17.8 Å². The number of rotatable bonds is 6. The van der Waals surface area contributed by atoms with Crippen molar-refractivity contribution in [2.45, 2.75) is 40.2 Å². The van der Waals surface area contributed by atoms with E-state index in [1.165, 1.54) is 4.68 Å². The monoisotopic (exact) mass is 418 g/mol. The smallest absolute Gasteiger partial charge is 0.291 e. The van der Waals surface area contributed by atoms with Crippen LogP contribution in [0.25, 0.3) is 16.4 Å². The maximum absolute atomic E-state index is 13.3. The first-order valence-corrected chi connectivity index (χ1v) is 10.5. The maximum atomic E-state index is 13.3. The second-order valence-electron chi connectivity index (χ2n) is 7.57. The molecule has 0 spiro atoms. The molecule has 0 aliphatic rings. The summed E-state index contributed by atoms with van der Waals surface area (Å²) in [5.41, 5.74) is 2.84. The first-order valence-electron chi connectivity index (χ1n) is 10.5. The Balaban J connectivity index is 1.77. The summed E-state index contributed by atoms with van der Waals surface area (Å²) in [6, 6.07) is 14.4. The third-order valence-corrected chi connectivity index (χ3v) is 5.39. The zero-order valence-corrected chi connectivity index (χ0v) is 18.2. The molecular weight excluding hydrogens is 392 g/mol. The fraction of sp³-hybridized carbons (Fsp3) is 0.292. The van der Waals surface area contributed by atoms with E-state index in [0.717, 1.165) is 16.5 Å². The summed E-state index contributed by atoms with van der Waals surface area (Å²) in [7, 11) is 0. The molecule has 0 aliphatic carbocycles. The Morgan fingerprint density at radius 2 is 1.87 bits per heavy atom. The molecule has 1 N–H and O–H groups in total. The number of hydrogen-bond acceptors (Lipinski definition) is 4. The number of ether oxygens (including phenoxy) is 1. The van der Waals surface area contributed by atoms with Crippen LogP contribution < -0.4 is 15.6 Å². The molecule has 31 heavy (non-hydrogen) atoms. The van der Waals surface area contributed by atoms with Gasteiger partial charge in [0.2, 0.25) is 5.91 Å². The third-order valence-electron chi connectivity index (χ3n) is 5.39. The Kier molecular flexibility index (Phi) is 5.50. The minimum Gasteiger partial charge on any atom is -0.492 e. The zero-order valence-electron chi connectivity index (χ0n) is 18.2. The Morgan fingerprint density at radius 3 is 2.61 bits per heavy atom. The first kappa shape index (κ1) is 20.7. The molecule has 1 amide bonds. The van der Waals surface area contributed by atoms with E-state index in [0.29, 0.717) is 35.8 Å². The second-order valence-corrected chi connectivity index (χ2v) is 7.57. The molecule has 4 aromatic rings. The van der Waals surface area contributed by atoms with E-state index in [1.54, 1.807) is 12.1 Å². The summed E-state index contributed by atoms with van der Waals surface area (Å²) in [6.45, 7) is 8.10. The van der Waals surface area contributed by atoms with E-state index in [9.17, 15) is 9.59 Å². The molecule has 2 aromatic carbocycles. The van der Waals surface area contributed by atoms with Gasteiger partial charge in [-0.1, -0.05) is 30.7 Å². The topological polar surface area (TPSA) is 77.6 Å². The van der Waals surface area contributed by atoms with Crippen molar-refractivity contribution in [3.63, 3.8) is 0 Å². The van der Waals surface area contributed by atoms with Gasteiger partial charge in [0.15, 0.2) is 0 Å². The number of nitrogens with one attached hydrogen (secondary N) is 1. The van der Waals surface area contributed by atoms with Gasteiger partial charge in [-0.25, -0.2) is 4.68 Å². The van der Waals surface area contributed by atoms with Crippen LogP contribution in [-0.4, -0.2) is 26.7 Å². The second kappa shape index (κ2) is 8.26. The molecule has 2 heterocycles. The Bertz CT molecular complexity index is 1340. The number of benzene rings is 2. The lowest BCUT2D eigenvalue weighted by molar-refractivity contribution is -0.119. The van der Waals surface area contributed by atoms with Gasteiger partial charge in [-0.05, 0) is 57.5 Å². The van der Waals surface area contributed by atoms with Crippen LogP contribution in [-0.2, 0) is 4.79 Å². The number of anilines is 1. The van der Waals surface area contributed by atoms with Gasteiger partial charge < -0.3 is 10.1 Å². The van der Waals surface area contributed by atoms with Crippen molar-refractivity contribution in [1.29, 1.82) is 0 Å². The fourth-order valence-electron chi connectivity index (χ4n) is 3.95. The number of hydrogen-bond donors (Lipinski definition) is 1. The summed E-state index contributed by atoms with van der Waals surface area (Å²) in [6.07, 6.45) is 0.421. The van der Waals surface area contributed by atoms with Crippen LogP contribution in [0.2, 0.25) is 0 Å². The number of para-hydroxylation sites is 2. The predicted octanol–water partition coefficient (Wildman–Crippen LogP) is 4.25. The van der Waals surface area contributed by atoms with Gasteiger partial charge in [-0.15, -0.1) is 0 Å². The highest BCUT2D eigenvalue weighted by Crippen LogP contribution is 2.26. The van der Waals surface area contributed by atoms with Gasteiger partial charge in [0.1, 0.15) is 23.1 Å². The summed E-state index contributed by atoms with van der Waals surface area (Å²) in [5.74, 6) is 0.933. The van der Waals surface area contributed by atoms with Gasteiger partial charge in [-0.2, -0.15) is 5.10 Å². The lowest BCUT2D eigenvalue weighted by Crippen LogP contribution is -2.36. The Hall–Kier alpha value is -3.61. The average molecular weight is 418 g/mol. The normalized spacial score (nSPS) is 12.3. The molecule has 0 aliphatic heterocycles. The molecule has 0 fully saturated rings. The third kappa shape index (κ3) is 3.67. The van der Waals surface area contributed by atoms with Crippen LogP contribution in [0.1, 0.15) is 37.7 Å². The molecule has 2 aromatic heterocycles. The van der Waals surface area contributed by atoms with Gasteiger partial charge in [-0.3, -0.25) is 14.0 Å². The molecule has 0 bridgehead atoms. The minimum absolute atomic E-state index is 0.292. The molecule has 1 unspecified atom stereocenters. The van der Waals surface area contributed by atoms with E-state index in [1.807, 2.05) is 68.5 Å². The van der Waals surface area contributed by atoms with Crippen LogP contribution in [0.3, 0.4) is 0 Å². The van der Waals surface area contributed by atoms with Crippen molar-refractivity contribution in [3.05, 3.63) is 70.3 Å². The molecule has 0 saturated carbocycles. The molecule has 4 rings (SSSR count). The highest BCUT2D eigenvalue weighted by atomic mass is 16.5. The molecule has 7 nitrogen and oxygen atoms in total. The highest BCUT2D eigenvalue weighted by molar-refractivity contribution is 5.95. The SMILES string of the molecule is CCOc1ccccc1NC(=O)C(CC)n1nc(C)n2c(cc3cc(C)ccc32)c1=O. The summed E-state index contributed by atoms with van der Waals surface area (Å²) in [4.78, 5) is 26.5. The molecule has 160 valence electrons. The van der Waals surface area contributed by atoms with Crippen molar-refractivity contribution in [1.82, 2.24) is 14.2 Å². The maximum Gasteiger partial charge on any atom is 0.291 e. The van der Waals surface area contributed by atoms with Crippen molar-refractivity contribution < 1.29 is 9.53 Å². The van der Waals surface area contributed by atoms with E-state index in [4.69, 9.17) is 4.74 Å². The van der Waals surface area contributed by atoms with Crippen LogP contribution in [0.15, 0.2) is 53.3 Å². The number of fused-ring (bicyclic) bond motifs is 3. The number of nitrogens with zero attached hydrogens (tertiary/aromatic N) is 3. The number of carbonyl (C=O) groups is 1. The highest BCUT2D eigenvalue weighted by Gasteiger charge is 2.24. The van der Waals surface area contributed by atoms with E-state index in [-0.39, 0.29) is 11.5 Å². The molecule has 0 saturated heterocycles. The number of aromatic nitrogens is 3. The van der Waals surface area contributed by atoms with E-state index >= 15 is 0 Å². The van der Waals surface area contributed by atoms with Crippen LogP contribution in [0.4, 0.5) is 5.69 Å². The van der Waals surface area contributed by atoms with Gasteiger partial charge in [0, 0.05) is 5.39 Å². The van der Waals surface area contributed by atoms with Gasteiger partial charge >= 0.3 is 0 Å². The van der Waals surface area contributed by atoms with Crippen LogP contribution in [0.5, 0.6) is 5.75 Å². The lowest BCUT2D eigenvalue weighted by Gasteiger charge is -2.19. The van der Waals surface area contributed by atoms with Crippen molar-refractivity contribution in [3.8, 4) is 5.75 Å². The summed E-state index contributed by atoms with van der Waals surface area (Å²) in [5, 5.41) is 8.39. The number of carbonyl (C=O) groups excluding carboxylic acids is 1. The van der Waals surface area contributed by atoms with Crippen LogP contribution in [0, 0.1) is 13.8 Å². The average Bonchev–Trinajstić information content (AvgIpc) is 3.13. The number of amides is 1. The van der Waals surface area contributed by atoms with Crippen molar-refractivity contribution in [2.24, 2.45) is 0 Å². The predicted molar refractivity (Wildman–Crippen MR) is 122 cm³/mol.